The van der Waals surface area contributed by atoms with Crippen molar-refractivity contribution in [1.29, 1.82) is 15.8 Å². The molecule has 0 radical (unpaired) electrons. The lowest BCUT2D eigenvalue weighted by molar-refractivity contribution is 0.637. The molecule has 2 rings (SSSR count). The molecule has 0 unspecified atom stereocenters. The summed E-state index contributed by atoms with van der Waals surface area (Å²) in [5.41, 5.74) is 0.938. The van der Waals surface area contributed by atoms with Crippen LogP contribution in [0.25, 0.3) is 6.08 Å². The van der Waals surface area contributed by atoms with Crippen molar-refractivity contribution < 1.29 is 0 Å². The first-order valence-corrected chi connectivity index (χ1v) is 5.17. The lowest BCUT2D eigenvalue weighted by Gasteiger charge is -2.19. The molecule has 1 aliphatic carbocycles. The zero-order valence-electron chi connectivity index (χ0n) is 9.33. The van der Waals surface area contributed by atoms with Gasteiger partial charge in [-0.2, -0.15) is 20.8 Å². The summed E-state index contributed by atoms with van der Waals surface area (Å²) < 4.78 is 0. The van der Waals surface area contributed by atoms with Crippen LogP contribution in [0.15, 0.2) is 23.2 Å². The molecule has 0 saturated heterocycles. The van der Waals surface area contributed by atoms with Gasteiger partial charge in [-0.05, 0) is 17.7 Å². The summed E-state index contributed by atoms with van der Waals surface area (Å²) in [5.74, 6) is 0. The quantitative estimate of drug-likeness (QED) is 0.543. The standard InChI is InChI=1S/C13H7N5/c14-7-13(8-15)4-3-10-1-2-11(6-17-9-16)18-12(10)5-13/h1-4,6H,5H2. The SMILES string of the molecule is N#CN=Cc1ccc2c(n1)CC(C#N)(C#N)C=C2. The Morgan fingerprint density at radius 2 is 2.06 bits per heavy atom. The van der Waals surface area contributed by atoms with Gasteiger partial charge in [0.25, 0.3) is 0 Å². The van der Waals surface area contributed by atoms with Crippen molar-refractivity contribution >= 4 is 12.3 Å². The minimum absolute atomic E-state index is 0.250. The van der Waals surface area contributed by atoms with E-state index in [1.807, 2.05) is 18.2 Å². The van der Waals surface area contributed by atoms with Crippen LogP contribution in [0.4, 0.5) is 0 Å². The van der Waals surface area contributed by atoms with Gasteiger partial charge >= 0.3 is 0 Å². The largest absolute Gasteiger partial charge is 0.251 e. The van der Waals surface area contributed by atoms with E-state index in [-0.39, 0.29) is 6.42 Å². The van der Waals surface area contributed by atoms with Crippen LogP contribution in [-0.4, -0.2) is 11.2 Å². The van der Waals surface area contributed by atoms with E-state index in [2.05, 4.69) is 9.98 Å². The van der Waals surface area contributed by atoms with Crippen LogP contribution in [0, 0.1) is 39.5 Å². The van der Waals surface area contributed by atoms with Crippen LogP contribution in [-0.2, 0) is 6.42 Å². The summed E-state index contributed by atoms with van der Waals surface area (Å²) in [4.78, 5) is 7.73. The van der Waals surface area contributed by atoms with Gasteiger partial charge in [-0.1, -0.05) is 12.1 Å². The van der Waals surface area contributed by atoms with Crippen molar-refractivity contribution in [1.82, 2.24) is 4.98 Å². The number of hydrogen-bond acceptors (Lipinski definition) is 5. The van der Waals surface area contributed by atoms with E-state index in [0.29, 0.717) is 11.4 Å². The number of aromatic nitrogens is 1. The molecule has 84 valence electrons. The van der Waals surface area contributed by atoms with Crippen LogP contribution < -0.4 is 0 Å². The number of fused-ring (bicyclic) bond motifs is 1. The number of aliphatic imine (C=N–C) groups is 1. The summed E-state index contributed by atoms with van der Waals surface area (Å²) in [6.45, 7) is 0. The number of pyridine rings is 1. The molecular formula is C13H7N5. The third kappa shape index (κ3) is 1.96. The van der Waals surface area contributed by atoms with Gasteiger partial charge in [0.2, 0.25) is 6.19 Å². The van der Waals surface area contributed by atoms with Crippen LogP contribution >= 0.6 is 0 Å². The number of hydrogen-bond donors (Lipinski definition) is 0. The van der Waals surface area contributed by atoms with Gasteiger partial charge < -0.3 is 0 Å². The maximum atomic E-state index is 9.06. The van der Waals surface area contributed by atoms with Gasteiger partial charge in [-0.3, -0.25) is 4.98 Å². The zero-order valence-corrected chi connectivity index (χ0v) is 9.33. The van der Waals surface area contributed by atoms with Crippen molar-refractivity contribution in [2.75, 3.05) is 0 Å². The Morgan fingerprint density at radius 3 is 2.72 bits per heavy atom. The Balaban J connectivity index is 2.43. The normalized spacial score (nSPS) is 15.4. The van der Waals surface area contributed by atoms with E-state index in [9.17, 15) is 0 Å². The second-order valence-corrected chi connectivity index (χ2v) is 3.84. The highest BCUT2D eigenvalue weighted by atomic mass is 14.8. The Hall–Kier alpha value is -2.97. The summed E-state index contributed by atoms with van der Waals surface area (Å²) in [5, 5.41) is 26.5. The van der Waals surface area contributed by atoms with Crippen LogP contribution in [0.5, 0.6) is 0 Å². The van der Waals surface area contributed by atoms with Gasteiger partial charge in [0.15, 0.2) is 5.41 Å². The highest BCUT2D eigenvalue weighted by Crippen LogP contribution is 2.30. The number of rotatable bonds is 1. The second kappa shape index (κ2) is 4.49. The Morgan fingerprint density at radius 1 is 1.28 bits per heavy atom. The molecule has 1 aromatic heterocycles. The Bertz CT molecular complexity index is 650. The molecule has 0 saturated carbocycles. The van der Waals surface area contributed by atoms with Crippen molar-refractivity contribution in [2.24, 2.45) is 10.4 Å². The minimum atomic E-state index is -1.15. The average molecular weight is 233 g/mol. The third-order valence-electron chi connectivity index (χ3n) is 2.68. The van der Waals surface area contributed by atoms with Crippen molar-refractivity contribution in [2.45, 2.75) is 6.42 Å². The Kier molecular flexibility index (Phi) is 2.87. The molecule has 0 atom stereocenters. The maximum Gasteiger partial charge on any atom is 0.205 e. The first-order valence-electron chi connectivity index (χ1n) is 5.17. The van der Waals surface area contributed by atoms with Gasteiger partial charge in [-0.25, -0.2) is 0 Å². The molecule has 0 fully saturated rings. The molecule has 1 aliphatic rings. The van der Waals surface area contributed by atoms with E-state index in [1.165, 1.54) is 6.21 Å². The summed E-state index contributed by atoms with van der Waals surface area (Å²) >= 11 is 0. The molecule has 1 heterocycles. The monoisotopic (exact) mass is 233 g/mol. The lowest BCUT2D eigenvalue weighted by Crippen LogP contribution is -2.21. The highest BCUT2D eigenvalue weighted by molar-refractivity contribution is 5.78. The maximum absolute atomic E-state index is 9.06. The fourth-order valence-corrected chi connectivity index (χ4v) is 1.72. The van der Waals surface area contributed by atoms with Crippen LogP contribution in [0.3, 0.4) is 0 Å². The van der Waals surface area contributed by atoms with Crippen molar-refractivity contribution in [3.8, 4) is 18.3 Å². The molecule has 0 aliphatic heterocycles. The van der Waals surface area contributed by atoms with E-state index >= 15 is 0 Å². The molecule has 5 nitrogen and oxygen atoms in total. The predicted molar refractivity (Wildman–Crippen MR) is 63.8 cm³/mol. The van der Waals surface area contributed by atoms with Crippen molar-refractivity contribution in [3.05, 3.63) is 35.2 Å². The first-order chi connectivity index (χ1) is 8.73. The summed E-state index contributed by atoms with van der Waals surface area (Å²) in [6.07, 6.45) is 6.56. The third-order valence-corrected chi connectivity index (χ3v) is 2.68. The molecule has 18 heavy (non-hydrogen) atoms. The van der Waals surface area contributed by atoms with Crippen LogP contribution in [0.1, 0.15) is 17.0 Å². The number of nitriles is 3. The summed E-state index contributed by atoms with van der Waals surface area (Å²) in [6, 6.07) is 7.55. The fourth-order valence-electron chi connectivity index (χ4n) is 1.72. The fraction of sp³-hybridized carbons (Fsp3) is 0.154. The molecule has 0 bridgehead atoms. The molecule has 0 N–H and O–H groups in total. The van der Waals surface area contributed by atoms with Crippen molar-refractivity contribution in [3.63, 3.8) is 0 Å². The lowest BCUT2D eigenvalue weighted by atomic mass is 9.81. The molecule has 1 aromatic rings. The topological polar surface area (TPSA) is 96.6 Å². The second-order valence-electron chi connectivity index (χ2n) is 3.84. The predicted octanol–water partition coefficient (Wildman–Crippen LogP) is 1.58. The van der Waals surface area contributed by atoms with E-state index in [4.69, 9.17) is 15.8 Å². The molecule has 0 aromatic carbocycles. The minimum Gasteiger partial charge on any atom is -0.251 e. The molecular weight excluding hydrogens is 226 g/mol. The van der Waals surface area contributed by atoms with Gasteiger partial charge in [-0.15, -0.1) is 0 Å². The van der Waals surface area contributed by atoms with Gasteiger partial charge in [0.1, 0.15) is 0 Å². The number of allylic oxidation sites excluding steroid dienone is 1. The Labute approximate surface area is 104 Å². The number of nitrogens with zero attached hydrogens (tertiary/aromatic N) is 5. The molecule has 5 heteroatoms. The van der Waals surface area contributed by atoms with E-state index in [1.54, 1.807) is 24.4 Å². The average Bonchev–Trinajstić information content (AvgIpc) is 2.44. The summed E-state index contributed by atoms with van der Waals surface area (Å²) in [7, 11) is 0. The van der Waals surface area contributed by atoms with Crippen LogP contribution in [0.2, 0.25) is 0 Å². The zero-order chi connectivity index (χ0) is 13.0. The first kappa shape index (κ1) is 11.5. The van der Waals surface area contributed by atoms with E-state index < -0.39 is 5.41 Å². The highest BCUT2D eigenvalue weighted by Gasteiger charge is 2.31. The van der Waals surface area contributed by atoms with Gasteiger partial charge in [0, 0.05) is 6.42 Å². The van der Waals surface area contributed by atoms with E-state index in [0.717, 1.165) is 5.56 Å². The molecule has 0 spiro atoms. The smallest absolute Gasteiger partial charge is 0.205 e. The molecule has 0 amide bonds. The van der Waals surface area contributed by atoms with Gasteiger partial charge in [0.05, 0.1) is 29.7 Å².